The first-order chi connectivity index (χ1) is 7.15. The van der Waals surface area contributed by atoms with E-state index in [1.807, 2.05) is 20.8 Å². The van der Waals surface area contributed by atoms with Crippen molar-refractivity contribution < 1.29 is 4.74 Å². The van der Waals surface area contributed by atoms with Gasteiger partial charge in [-0.25, -0.2) is 9.97 Å². The van der Waals surface area contributed by atoms with Crippen LogP contribution in [-0.4, -0.2) is 29.7 Å². The van der Waals surface area contributed by atoms with Crippen LogP contribution in [0.4, 0.5) is 5.82 Å². The molecule has 0 aliphatic heterocycles. The highest BCUT2D eigenvalue weighted by atomic mass is 35.5. The van der Waals surface area contributed by atoms with E-state index >= 15 is 0 Å². The Bertz CT molecular complexity index is 331. The number of hydrogen-bond donors (Lipinski definition) is 1. The van der Waals surface area contributed by atoms with Crippen LogP contribution in [0.1, 0.15) is 18.3 Å². The molecule has 84 valence electrons. The van der Waals surface area contributed by atoms with Crippen LogP contribution in [-0.2, 0) is 4.74 Å². The Morgan fingerprint density at radius 1 is 1.27 bits per heavy atom. The number of hydrogen-bond acceptors (Lipinski definition) is 4. The first-order valence-corrected chi connectivity index (χ1v) is 5.35. The standard InChI is InChI=1S/C10H16ClN3O/c1-4-15-6-5-12-10-9(11)13-7(2)8(3)14-10/h4-6H2,1-3H3,(H,12,14). The lowest BCUT2D eigenvalue weighted by molar-refractivity contribution is 0.158. The van der Waals surface area contributed by atoms with Crippen LogP contribution < -0.4 is 5.32 Å². The average molecular weight is 230 g/mol. The third-order valence-corrected chi connectivity index (χ3v) is 2.27. The zero-order valence-electron chi connectivity index (χ0n) is 9.30. The lowest BCUT2D eigenvalue weighted by Crippen LogP contribution is -2.11. The minimum absolute atomic E-state index is 0.412. The molecular weight excluding hydrogens is 214 g/mol. The van der Waals surface area contributed by atoms with Gasteiger partial charge in [0.05, 0.1) is 18.0 Å². The molecule has 5 heteroatoms. The number of ether oxygens (including phenoxy) is 1. The molecule has 1 aromatic rings. The predicted octanol–water partition coefficient (Wildman–Crippen LogP) is 2.20. The van der Waals surface area contributed by atoms with Crippen molar-refractivity contribution in [3.63, 3.8) is 0 Å². The molecule has 0 fully saturated rings. The van der Waals surface area contributed by atoms with Gasteiger partial charge in [-0.3, -0.25) is 0 Å². The van der Waals surface area contributed by atoms with Crippen LogP contribution in [0.5, 0.6) is 0 Å². The largest absolute Gasteiger partial charge is 0.380 e. The van der Waals surface area contributed by atoms with Gasteiger partial charge < -0.3 is 10.1 Å². The van der Waals surface area contributed by atoms with Gasteiger partial charge in [0.15, 0.2) is 11.0 Å². The third-order valence-electron chi connectivity index (χ3n) is 2.01. The van der Waals surface area contributed by atoms with E-state index in [1.165, 1.54) is 0 Å². The van der Waals surface area contributed by atoms with Crippen LogP contribution in [0.25, 0.3) is 0 Å². The Hall–Kier alpha value is -0.870. The van der Waals surface area contributed by atoms with E-state index in [0.717, 1.165) is 11.4 Å². The van der Waals surface area contributed by atoms with Crippen molar-refractivity contribution in [3.8, 4) is 0 Å². The van der Waals surface area contributed by atoms with Crippen LogP contribution in [0, 0.1) is 13.8 Å². The molecule has 0 amide bonds. The third kappa shape index (κ3) is 3.64. The molecule has 1 rings (SSSR count). The summed E-state index contributed by atoms with van der Waals surface area (Å²) in [6.45, 7) is 7.80. The predicted molar refractivity (Wildman–Crippen MR) is 61.5 cm³/mol. The number of aryl methyl sites for hydroxylation is 2. The van der Waals surface area contributed by atoms with Crippen LogP contribution >= 0.6 is 11.6 Å². The molecule has 15 heavy (non-hydrogen) atoms. The smallest absolute Gasteiger partial charge is 0.171 e. The second-order valence-corrected chi connectivity index (χ2v) is 3.52. The number of anilines is 1. The number of rotatable bonds is 5. The quantitative estimate of drug-likeness (QED) is 0.787. The normalized spacial score (nSPS) is 10.4. The highest BCUT2D eigenvalue weighted by Crippen LogP contribution is 2.17. The molecule has 1 N–H and O–H groups in total. The summed E-state index contributed by atoms with van der Waals surface area (Å²) in [7, 11) is 0. The molecular formula is C10H16ClN3O. The fourth-order valence-corrected chi connectivity index (χ4v) is 1.31. The molecule has 1 aromatic heterocycles. The van der Waals surface area contributed by atoms with Gasteiger partial charge in [0.25, 0.3) is 0 Å². The summed E-state index contributed by atoms with van der Waals surface area (Å²) in [6, 6.07) is 0. The maximum Gasteiger partial charge on any atom is 0.171 e. The Balaban J connectivity index is 2.57. The van der Waals surface area contributed by atoms with Gasteiger partial charge in [-0.05, 0) is 20.8 Å². The fraction of sp³-hybridized carbons (Fsp3) is 0.600. The number of nitrogens with zero attached hydrogens (tertiary/aromatic N) is 2. The van der Waals surface area contributed by atoms with E-state index in [2.05, 4.69) is 15.3 Å². The number of nitrogens with one attached hydrogen (secondary N) is 1. The molecule has 0 aliphatic carbocycles. The van der Waals surface area contributed by atoms with Crippen molar-refractivity contribution in [3.05, 3.63) is 16.5 Å². The average Bonchev–Trinajstić information content (AvgIpc) is 2.20. The maximum absolute atomic E-state index is 5.94. The second kappa shape index (κ2) is 5.88. The van der Waals surface area contributed by atoms with Gasteiger partial charge in [-0.1, -0.05) is 11.6 Å². The number of aromatic nitrogens is 2. The van der Waals surface area contributed by atoms with Crippen molar-refractivity contribution in [1.29, 1.82) is 0 Å². The first-order valence-electron chi connectivity index (χ1n) is 4.97. The van der Waals surface area contributed by atoms with Crippen LogP contribution in [0.3, 0.4) is 0 Å². The maximum atomic E-state index is 5.94. The molecule has 0 aliphatic rings. The zero-order chi connectivity index (χ0) is 11.3. The van der Waals surface area contributed by atoms with Crippen LogP contribution in [0.2, 0.25) is 5.15 Å². The van der Waals surface area contributed by atoms with E-state index < -0.39 is 0 Å². The van der Waals surface area contributed by atoms with Gasteiger partial charge in [-0.2, -0.15) is 0 Å². The van der Waals surface area contributed by atoms with Gasteiger partial charge in [0.1, 0.15) is 0 Å². The lowest BCUT2D eigenvalue weighted by Gasteiger charge is -2.08. The summed E-state index contributed by atoms with van der Waals surface area (Å²) < 4.78 is 5.20. The van der Waals surface area contributed by atoms with E-state index in [4.69, 9.17) is 16.3 Å². The first kappa shape index (κ1) is 12.2. The molecule has 0 atom stereocenters. The highest BCUT2D eigenvalue weighted by Gasteiger charge is 2.05. The topological polar surface area (TPSA) is 47.0 Å². The molecule has 0 bridgehead atoms. The zero-order valence-corrected chi connectivity index (χ0v) is 10.1. The van der Waals surface area contributed by atoms with Crippen molar-refractivity contribution in [1.82, 2.24) is 9.97 Å². The van der Waals surface area contributed by atoms with Crippen molar-refractivity contribution in [2.24, 2.45) is 0 Å². The molecule has 1 heterocycles. The van der Waals surface area contributed by atoms with Gasteiger partial charge in [0.2, 0.25) is 0 Å². The summed E-state index contributed by atoms with van der Waals surface area (Å²) in [6.07, 6.45) is 0. The Morgan fingerprint density at radius 2 is 1.93 bits per heavy atom. The summed E-state index contributed by atoms with van der Waals surface area (Å²) in [4.78, 5) is 8.48. The Kier molecular flexibility index (Phi) is 4.78. The van der Waals surface area contributed by atoms with Crippen molar-refractivity contribution in [2.45, 2.75) is 20.8 Å². The molecule has 0 saturated heterocycles. The van der Waals surface area contributed by atoms with E-state index in [1.54, 1.807) is 0 Å². The molecule has 0 saturated carbocycles. The Morgan fingerprint density at radius 3 is 2.60 bits per heavy atom. The van der Waals surface area contributed by atoms with Gasteiger partial charge >= 0.3 is 0 Å². The van der Waals surface area contributed by atoms with Crippen molar-refractivity contribution >= 4 is 17.4 Å². The van der Waals surface area contributed by atoms with Crippen molar-refractivity contribution in [2.75, 3.05) is 25.1 Å². The highest BCUT2D eigenvalue weighted by molar-refractivity contribution is 6.31. The van der Waals surface area contributed by atoms with Crippen LogP contribution in [0.15, 0.2) is 0 Å². The summed E-state index contributed by atoms with van der Waals surface area (Å²) in [5.74, 6) is 0.625. The fourth-order valence-electron chi connectivity index (χ4n) is 1.07. The minimum Gasteiger partial charge on any atom is -0.380 e. The molecule has 0 spiro atoms. The SMILES string of the molecule is CCOCCNc1nc(C)c(C)nc1Cl. The van der Waals surface area contributed by atoms with E-state index in [0.29, 0.717) is 30.7 Å². The van der Waals surface area contributed by atoms with Gasteiger partial charge in [-0.15, -0.1) is 0 Å². The molecule has 0 aromatic carbocycles. The van der Waals surface area contributed by atoms with E-state index in [9.17, 15) is 0 Å². The summed E-state index contributed by atoms with van der Waals surface area (Å²) in [5, 5.41) is 3.50. The Labute approximate surface area is 95.0 Å². The summed E-state index contributed by atoms with van der Waals surface area (Å²) >= 11 is 5.94. The van der Waals surface area contributed by atoms with E-state index in [-0.39, 0.29) is 0 Å². The minimum atomic E-state index is 0.412. The molecule has 4 nitrogen and oxygen atoms in total. The van der Waals surface area contributed by atoms with Gasteiger partial charge in [0, 0.05) is 13.2 Å². The lowest BCUT2D eigenvalue weighted by atomic mass is 10.3. The second-order valence-electron chi connectivity index (χ2n) is 3.16. The molecule has 0 radical (unpaired) electrons. The summed E-state index contributed by atoms with van der Waals surface area (Å²) in [5.41, 5.74) is 1.74. The number of halogens is 1. The monoisotopic (exact) mass is 229 g/mol. The molecule has 0 unspecified atom stereocenters.